The van der Waals surface area contributed by atoms with Crippen LogP contribution in [-0.4, -0.2) is 50.2 Å². The Labute approximate surface area is 144 Å². The van der Waals surface area contributed by atoms with E-state index in [2.05, 4.69) is 9.97 Å². The number of fused-ring (bicyclic) bond motifs is 1. The molecule has 0 spiro atoms. The van der Waals surface area contributed by atoms with Gasteiger partial charge in [0.1, 0.15) is 5.69 Å². The number of rotatable bonds is 3. The number of likely N-dealkylation sites (tertiary alicyclic amines) is 2. The molecule has 24 heavy (non-hydrogen) atoms. The fourth-order valence-electron chi connectivity index (χ4n) is 3.88. The second-order valence-electron chi connectivity index (χ2n) is 6.42. The van der Waals surface area contributed by atoms with Gasteiger partial charge in [-0.2, -0.15) is 0 Å². The van der Waals surface area contributed by atoms with Gasteiger partial charge >= 0.3 is 0 Å². The molecule has 0 radical (unpaired) electrons. The third-order valence-corrected chi connectivity index (χ3v) is 5.80. The zero-order chi connectivity index (χ0) is 16.7. The molecule has 2 fully saturated rings. The van der Waals surface area contributed by atoms with Gasteiger partial charge in [-0.15, -0.1) is 11.3 Å². The lowest BCUT2D eigenvalue weighted by atomic mass is 9.96. The van der Waals surface area contributed by atoms with Crippen LogP contribution in [0, 0.1) is 6.92 Å². The largest absolute Gasteiger partial charge is 0.357 e. The Bertz CT molecular complexity index is 754. The molecule has 0 aliphatic carbocycles. The van der Waals surface area contributed by atoms with Gasteiger partial charge < -0.3 is 14.8 Å². The van der Waals surface area contributed by atoms with E-state index in [1.54, 1.807) is 23.6 Å². The molecule has 2 amide bonds. The van der Waals surface area contributed by atoms with E-state index in [0.29, 0.717) is 25.2 Å². The maximum Gasteiger partial charge on any atom is 0.270 e. The van der Waals surface area contributed by atoms with E-state index in [0.717, 1.165) is 23.5 Å². The average molecular weight is 344 g/mol. The third kappa shape index (κ3) is 2.62. The van der Waals surface area contributed by atoms with Crippen molar-refractivity contribution >= 4 is 23.2 Å². The Kier molecular flexibility index (Phi) is 3.88. The minimum Gasteiger partial charge on any atom is -0.357 e. The standard InChI is InChI=1S/C17H20N4O2S/c1-11-19-12(10-24-11)9-21-15-6-8-20(14(15)4-5-16(21)22)17(23)13-3-2-7-18-13/h2-3,7,10,14-15,18H,4-6,8-9H2,1H3/t14-,15-/m1/s1. The van der Waals surface area contributed by atoms with Crippen LogP contribution in [0.4, 0.5) is 0 Å². The maximum absolute atomic E-state index is 12.7. The van der Waals surface area contributed by atoms with Crippen molar-refractivity contribution in [2.45, 2.75) is 44.8 Å². The normalized spacial score (nSPS) is 23.6. The Morgan fingerprint density at radius 1 is 1.42 bits per heavy atom. The molecule has 2 saturated heterocycles. The number of aryl methyl sites for hydroxylation is 1. The molecule has 2 aromatic heterocycles. The first-order valence-electron chi connectivity index (χ1n) is 8.28. The molecule has 2 aromatic rings. The van der Waals surface area contributed by atoms with E-state index in [9.17, 15) is 9.59 Å². The summed E-state index contributed by atoms with van der Waals surface area (Å²) in [5.74, 6) is 0.211. The number of hydrogen-bond donors (Lipinski definition) is 1. The van der Waals surface area contributed by atoms with Crippen molar-refractivity contribution in [2.75, 3.05) is 6.54 Å². The van der Waals surface area contributed by atoms with Crippen LogP contribution in [0.15, 0.2) is 23.7 Å². The zero-order valence-corrected chi connectivity index (χ0v) is 14.4. The SMILES string of the molecule is Cc1nc(CN2C(=O)CC[C@@H]3[C@H]2CCN3C(=O)c2ccc[nH]2)cs1. The van der Waals surface area contributed by atoms with Crippen LogP contribution in [0.3, 0.4) is 0 Å². The van der Waals surface area contributed by atoms with Crippen LogP contribution in [-0.2, 0) is 11.3 Å². The molecule has 2 aliphatic rings. The van der Waals surface area contributed by atoms with Crippen molar-refractivity contribution < 1.29 is 9.59 Å². The second-order valence-corrected chi connectivity index (χ2v) is 7.49. The number of hydrogen-bond acceptors (Lipinski definition) is 4. The number of aromatic nitrogens is 2. The summed E-state index contributed by atoms with van der Waals surface area (Å²) < 4.78 is 0. The Balaban J connectivity index is 1.53. The predicted molar refractivity (Wildman–Crippen MR) is 90.7 cm³/mol. The summed E-state index contributed by atoms with van der Waals surface area (Å²) in [4.78, 5) is 36.5. The van der Waals surface area contributed by atoms with Gasteiger partial charge in [-0.05, 0) is 31.9 Å². The topological polar surface area (TPSA) is 69.3 Å². The molecule has 6 nitrogen and oxygen atoms in total. The number of nitrogens with one attached hydrogen (secondary N) is 1. The number of H-pyrrole nitrogens is 1. The van der Waals surface area contributed by atoms with Crippen molar-refractivity contribution in [2.24, 2.45) is 0 Å². The van der Waals surface area contributed by atoms with E-state index in [4.69, 9.17) is 0 Å². The van der Waals surface area contributed by atoms with Crippen molar-refractivity contribution in [3.05, 3.63) is 40.1 Å². The smallest absolute Gasteiger partial charge is 0.270 e. The van der Waals surface area contributed by atoms with E-state index in [-0.39, 0.29) is 23.9 Å². The lowest BCUT2D eigenvalue weighted by molar-refractivity contribution is -0.138. The van der Waals surface area contributed by atoms with Gasteiger partial charge in [0, 0.05) is 24.5 Å². The molecule has 2 aliphatic heterocycles. The highest BCUT2D eigenvalue weighted by molar-refractivity contribution is 7.09. The molecule has 126 valence electrons. The molecule has 0 bridgehead atoms. The van der Waals surface area contributed by atoms with Gasteiger partial charge in [0.15, 0.2) is 0 Å². The van der Waals surface area contributed by atoms with Crippen LogP contribution in [0.25, 0.3) is 0 Å². The molecule has 7 heteroatoms. The molecule has 4 rings (SSSR count). The van der Waals surface area contributed by atoms with Crippen molar-refractivity contribution in [1.82, 2.24) is 19.8 Å². The second kappa shape index (κ2) is 6.05. The highest BCUT2D eigenvalue weighted by Gasteiger charge is 2.45. The third-order valence-electron chi connectivity index (χ3n) is 4.97. The fraction of sp³-hybridized carbons (Fsp3) is 0.471. The Hall–Kier alpha value is -2.15. The van der Waals surface area contributed by atoms with E-state index in [1.807, 2.05) is 28.2 Å². The summed E-state index contributed by atoms with van der Waals surface area (Å²) in [7, 11) is 0. The van der Waals surface area contributed by atoms with Crippen LogP contribution in [0.1, 0.15) is 40.5 Å². The average Bonchev–Trinajstić information content (AvgIpc) is 3.30. The van der Waals surface area contributed by atoms with Gasteiger partial charge in [-0.25, -0.2) is 4.98 Å². The van der Waals surface area contributed by atoms with Gasteiger partial charge in [-0.3, -0.25) is 9.59 Å². The van der Waals surface area contributed by atoms with Gasteiger partial charge in [0.25, 0.3) is 5.91 Å². The van der Waals surface area contributed by atoms with E-state index < -0.39 is 0 Å². The predicted octanol–water partition coefficient (Wildman–Crippen LogP) is 2.19. The van der Waals surface area contributed by atoms with Crippen LogP contribution < -0.4 is 0 Å². The maximum atomic E-state index is 12.7. The van der Waals surface area contributed by atoms with Crippen LogP contribution in [0.5, 0.6) is 0 Å². The number of carbonyl (C=O) groups is 2. The lowest BCUT2D eigenvalue weighted by Crippen LogP contribution is -2.52. The Morgan fingerprint density at radius 2 is 2.29 bits per heavy atom. The van der Waals surface area contributed by atoms with Gasteiger partial charge in [-0.1, -0.05) is 0 Å². The molecule has 0 aromatic carbocycles. The lowest BCUT2D eigenvalue weighted by Gasteiger charge is -2.39. The van der Waals surface area contributed by atoms with Crippen LogP contribution >= 0.6 is 11.3 Å². The molecule has 0 unspecified atom stereocenters. The fourth-order valence-corrected chi connectivity index (χ4v) is 4.48. The molecule has 2 atom stereocenters. The number of thiazole rings is 1. The van der Waals surface area contributed by atoms with E-state index in [1.165, 1.54) is 0 Å². The minimum absolute atomic E-state index is 0.0336. The zero-order valence-electron chi connectivity index (χ0n) is 13.6. The summed E-state index contributed by atoms with van der Waals surface area (Å²) in [6.45, 7) is 3.23. The summed E-state index contributed by atoms with van der Waals surface area (Å²) >= 11 is 1.61. The summed E-state index contributed by atoms with van der Waals surface area (Å²) in [6, 6.07) is 3.85. The molecule has 0 saturated carbocycles. The van der Waals surface area contributed by atoms with Crippen molar-refractivity contribution in [3.8, 4) is 0 Å². The molecular formula is C17H20N4O2S. The molecular weight excluding hydrogens is 324 g/mol. The number of aromatic amines is 1. The quantitative estimate of drug-likeness (QED) is 0.928. The number of nitrogens with zero attached hydrogens (tertiary/aromatic N) is 3. The number of piperidine rings is 1. The monoisotopic (exact) mass is 344 g/mol. The highest BCUT2D eigenvalue weighted by atomic mass is 32.1. The first-order chi connectivity index (χ1) is 11.6. The minimum atomic E-state index is 0.0336. The Morgan fingerprint density at radius 3 is 3.00 bits per heavy atom. The summed E-state index contributed by atoms with van der Waals surface area (Å²) in [5, 5.41) is 3.03. The summed E-state index contributed by atoms with van der Waals surface area (Å²) in [6.07, 6.45) is 3.86. The van der Waals surface area contributed by atoms with Crippen molar-refractivity contribution in [1.29, 1.82) is 0 Å². The van der Waals surface area contributed by atoms with E-state index >= 15 is 0 Å². The number of carbonyl (C=O) groups excluding carboxylic acids is 2. The van der Waals surface area contributed by atoms with Crippen LogP contribution in [0.2, 0.25) is 0 Å². The summed E-state index contributed by atoms with van der Waals surface area (Å²) in [5.41, 5.74) is 1.56. The molecule has 1 N–H and O–H groups in total. The molecule has 4 heterocycles. The first-order valence-corrected chi connectivity index (χ1v) is 9.16. The first kappa shape index (κ1) is 15.4. The highest BCUT2D eigenvalue weighted by Crippen LogP contribution is 2.33. The van der Waals surface area contributed by atoms with Crippen molar-refractivity contribution in [3.63, 3.8) is 0 Å². The van der Waals surface area contributed by atoms with Gasteiger partial charge in [0.05, 0.1) is 29.3 Å². The number of amides is 2. The van der Waals surface area contributed by atoms with Gasteiger partial charge in [0.2, 0.25) is 5.91 Å².